The largest absolute Gasteiger partial charge is 0.262 e. The lowest BCUT2D eigenvalue weighted by atomic mass is 10.1. The molecule has 102 valence electrons. The van der Waals surface area contributed by atoms with Crippen LogP contribution in [0.3, 0.4) is 0 Å². The van der Waals surface area contributed by atoms with Crippen LogP contribution in [0.4, 0.5) is 0 Å². The van der Waals surface area contributed by atoms with Crippen LogP contribution >= 0.6 is 11.6 Å². The molecule has 2 aromatic rings. The zero-order valence-corrected chi connectivity index (χ0v) is 12.4. The second-order valence-electron chi connectivity index (χ2n) is 5.04. The summed E-state index contributed by atoms with van der Waals surface area (Å²) in [6.07, 6.45) is 3.70. The molecule has 19 heavy (non-hydrogen) atoms. The van der Waals surface area contributed by atoms with Crippen LogP contribution in [0, 0.1) is 5.92 Å². The molecular formula is C14H19ClN4. The predicted octanol–water partition coefficient (Wildman–Crippen LogP) is 3.60. The second kappa shape index (κ2) is 6.15. The summed E-state index contributed by atoms with van der Waals surface area (Å²) in [5, 5.41) is 4.79. The summed E-state index contributed by atoms with van der Waals surface area (Å²) in [6.45, 7) is 7.31. The third kappa shape index (κ3) is 3.53. The molecule has 5 heteroatoms. The fraction of sp³-hybridized carbons (Fsp3) is 0.500. The van der Waals surface area contributed by atoms with Gasteiger partial charge in [-0.2, -0.15) is 5.10 Å². The average Bonchev–Trinajstić information content (AvgIpc) is 2.76. The van der Waals surface area contributed by atoms with Crippen molar-refractivity contribution in [3.8, 4) is 11.5 Å². The third-order valence-electron chi connectivity index (χ3n) is 2.75. The van der Waals surface area contributed by atoms with E-state index in [4.69, 9.17) is 11.6 Å². The van der Waals surface area contributed by atoms with E-state index in [0.29, 0.717) is 16.9 Å². The summed E-state index contributed by atoms with van der Waals surface area (Å²) in [5.41, 5.74) is 1.91. The van der Waals surface area contributed by atoms with Crippen LogP contribution < -0.4 is 0 Å². The van der Waals surface area contributed by atoms with Gasteiger partial charge in [0.15, 0.2) is 5.82 Å². The molecule has 0 amide bonds. The van der Waals surface area contributed by atoms with Gasteiger partial charge in [-0.05, 0) is 30.9 Å². The van der Waals surface area contributed by atoms with E-state index < -0.39 is 0 Å². The van der Waals surface area contributed by atoms with E-state index in [1.165, 1.54) is 0 Å². The molecule has 0 bridgehead atoms. The number of hydrogen-bond acceptors (Lipinski definition) is 3. The Balaban J connectivity index is 2.38. The van der Waals surface area contributed by atoms with Crippen molar-refractivity contribution in [1.82, 2.24) is 19.7 Å². The molecule has 0 aliphatic carbocycles. The van der Waals surface area contributed by atoms with Crippen molar-refractivity contribution >= 4 is 11.6 Å². The van der Waals surface area contributed by atoms with E-state index >= 15 is 0 Å². The van der Waals surface area contributed by atoms with E-state index in [-0.39, 0.29) is 0 Å². The minimum absolute atomic E-state index is 0.491. The van der Waals surface area contributed by atoms with Crippen LogP contribution in [0.1, 0.15) is 32.9 Å². The monoisotopic (exact) mass is 278 g/mol. The van der Waals surface area contributed by atoms with Crippen molar-refractivity contribution in [2.75, 3.05) is 0 Å². The van der Waals surface area contributed by atoms with Crippen molar-refractivity contribution < 1.29 is 0 Å². The Morgan fingerprint density at radius 3 is 2.79 bits per heavy atom. The van der Waals surface area contributed by atoms with E-state index in [2.05, 4.69) is 35.8 Å². The molecule has 0 unspecified atom stereocenters. The molecule has 2 rings (SSSR count). The van der Waals surface area contributed by atoms with Crippen molar-refractivity contribution in [3.05, 3.63) is 29.2 Å². The maximum atomic E-state index is 6.10. The highest BCUT2D eigenvalue weighted by atomic mass is 35.5. The second-order valence-corrected chi connectivity index (χ2v) is 5.43. The summed E-state index contributed by atoms with van der Waals surface area (Å²) in [7, 11) is 0. The van der Waals surface area contributed by atoms with Crippen LogP contribution in [0.25, 0.3) is 11.5 Å². The minimum atomic E-state index is 0.491. The van der Waals surface area contributed by atoms with Crippen LogP contribution in [-0.4, -0.2) is 19.7 Å². The number of aromatic nitrogens is 4. The Hall–Kier alpha value is -1.42. The fourth-order valence-electron chi connectivity index (χ4n) is 2.01. The molecule has 0 aliphatic heterocycles. The topological polar surface area (TPSA) is 43.6 Å². The molecule has 0 atom stereocenters. The van der Waals surface area contributed by atoms with Crippen molar-refractivity contribution in [2.45, 2.75) is 40.2 Å². The van der Waals surface area contributed by atoms with Crippen molar-refractivity contribution in [1.29, 1.82) is 0 Å². The van der Waals surface area contributed by atoms with Gasteiger partial charge in [0, 0.05) is 18.4 Å². The van der Waals surface area contributed by atoms with Gasteiger partial charge < -0.3 is 0 Å². The molecule has 0 aliphatic rings. The summed E-state index contributed by atoms with van der Waals surface area (Å²) >= 11 is 6.10. The van der Waals surface area contributed by atoms with E-state index in [1.807, 2.05) is 16.8 Å². The highest BCUT2D eigenvalue weighted by molar-refractivity contribution is 6.29. The zero-order valence-electron chi connectivity index (χ0n) is 11.6. The molecule has 0 N–H and O–H groups in total. The molecule has 0 spiro atoms. The smallest absolute Gasteiger partial charge is 0.179 e. The zero-order chi connectivity index (χ0) is 13.8. The summed E-state index contributed by atoms with van der Waals surface area (Å²) in [5.74, 6) is 1.20. The predicted molar refractivity (Wildman–Crippen MR) is 77.1 cm³/mol. The number of rotatable bonds is 5. The Kier molecular flexibility index (Phi) is 4.53. The first kappa shape index (κ1) is 14.0. The Morgan fingerprint density at radius 2 is 2.11 bits per heavy atom. The molecule has 0 radical (unpaired) electrons. The number of hydrogen-bond donors (Lipinski definition) is 0. The standard InChI is InChI=1S/C14H19ClN4/c1-4-7-19-12(5-6-16-19)14-17-11(8-10(2)3)9-13(15)18-14/h5-6,9-10H,4,7-8H2,1-3H3. The van der Waals surface area contributed by atoms with Gasteiger partial charge in [0.1, 0.15) is 10.8 Å². The normalized spacial score (nSPS) is 11.2. The number of halogens is 1. The lowest BCUT2D eigenvalue weighted by molar-refractivity contribution is 0.604. The van der Waals surface area contributed by atoms with E-state index in [1.54, 1.807) is 6.20 Å². The van der Waals surface area contributed by atoms with Crippen molar-refractivity contribution in [2.24, 2.45) is 5.92 Å². The van der Waals surface area contributed by atoms with Gasteiger partial charge in [-0.15, -0.1) is 0 Å². The molecule has 2 aromatic heterocycles. The molecule has 0 saturated carbocycles. The average molecular weight is 279 g/mol. The van der Waals surface area contributed by atoms with Gasteiger partial charge >= 0.3 is 0 Å². The Morgan fingerprint density at radius 1 is 1.32 bits per heavy atom. The van der Waals surface area contributed by atoms with Gasteiger partial charge in [-0.3, -0.25) is 4.68 Å². The van der Waals surface area contributed by atoms with Gasteiger partial charge in [0.2, 0.25) is 0 Å². The molecule has 0 saturated heterocycles. The third-order valence-corrected chi connectivity index (χ3v) is 2.94. The maximum Gasteiger partial charge on any atom is 0.179 e. The quantitative estimate of drug-likeness (QED) is 0.785. The summed E-state index contributed by atoms with van der Waals surface area (Å²) < 4.78 is 1.92. The van der Waals surface area contributed by atoms with Crippen LogP contribution in [0.2, 0.25) is 5.15 Å². The fourth-order valence-corrected chi connectivity index (χ4v) is 2.22. The number of nitrogens with zero attached hydrogens (tertiary/aromatic N) is 4. The van der Waals surface area contributed by atoms with Crippen LogP contribution in [0.5, 0.6) is 0 Å². The van der Waals surface area contributed by atoms with E-state index in [9.17, 15) is 0 Å². The molecule has 2 heterocycles. The first-order valence-electron chi connectivity index (χ1n) is 6.65. The molecule has 0 aromatic carbocycles. The lowest BCUT2D eigenvalue weighted by Crippen LogP contribution is -2.05. The lowest BCUT2D eigenvalue weighted by Gasteiger charge is -2.08. The van der Waals surface area contributed by atoms with Crippen LogP contribution in [0.15, 0.2) is 18.3 Å². The van der Waals surface area contributed by atoms with Crippen LogP contribution in [-0.2, 0) is 13.0 Å². The van der Waals surface area contributed by atoms with Gasteiger partial charge in [-0.25, -0.2) is 9.97 Å². The highest BCUT2D eigenvalue weighted by Crippen LogP contribution is 2.19. The first-order chi connectivity index (χ1) is 9.10. The molecular weight excluding hydrogens is 260 g/mol. The highest BCUT2D eigenvalue weighted by Gasteiger charge is 2.11. The van der Waals surface area contributed by atoms with Gasteiger partial charge in [0.05, 0.1) is 0 Å². The summed E-state index contributed by atoms with van der Waals surface area (Å²) in [4.78, 5) is 8.92. The Labute approximate surface area is 118 Å². The molecule has 0 fully saturated rings. The van der Waals surface area contributed by atoms with Crippen molar-refractivity contribution in [3.63, 3.8) is 0 Å². The first-order valence-corrected chi connectivity index (χ1v) is 7.03. The van der Waals surface area contributed by atoms with E-state index in [0.717, 1.165) is 30.8 Å². The van der Waals surface area contributed by atoms with Gasteiger partial charge in [-0.1, -0.05) is 32.4 Å². The minimum Gasteiger partial charge on any atom is -0.262 e. The molecule has 4 nitrogen and oxygen atoms in total. The SMILES string of the molecule is CCCn1nccc1-c1nc(Cl)cc(CC(C)C)n1. The Bertz CT molecular complexity index is 548. The summed E-state index contributed by atoms with van der Waals surface area (Å²) in [6, 6.07) is 3.77. The van der Waals surface area contributed by atoms with Gasteiger partial charge in [0.25, 0.3) is 0 Å². The maximum absolute atomic E-state index is 6.10. The number of aryl methyl sites for hydroxylation is 1.